The second-order valence-electron chi connectivity index (χ2n) is 4.17. The minimum absolute atomic E-state index is 0.148. The van der Waals surface area contributed by atoms with E-state index in [1.54, 1.807) is 41.8 Å². The molecule has 0 fully saturated rings. The maximum Gasteiger partial charge on any atom is 0.187 e. The standard InChI is InChI=1S/C13H13NO3S2/c14-11-5-3-10(4-6-11)8-19(16,17)9-12(15)13-2-1-7-18-13/h1-7H,8-9,14H2. The Morgan fingerprint density at radius 2 is 1.84 bits per heavy atom. The average Bonchev–Trinajstić information content (AvgIpc) is 2.85. The zero-order valence-corrected chi connectivity index (χ0v) is 11.7. The molecule has 0 saturated heterocycles. The second-order valence-corrected chi connectivity index (χ2v) is 7.19. The number of nitrogens with two attached hydrogens (primary N) is 1. The lowest BCUT2D eigenvalue weighted by Gasteiger charge is -2.03. The molecule has 1 aromatic carbocycles. The van der Waals surface area contributed by atoms with Crippen LogP contribution in [0.1, 0.15) is 15.2 Å². The second kappa shape index (κ2) is 5.54. The van der Waals surface area contributed by atoms with Gasteiger partial charge in [0.2, 0.25) is 0 Å². The molecule has 0 bridgehead atoms. The summed E-state index contributed by atoms with van der Waals surface area (Å²) in [5.74, 6) is -0.965. The van der Waals surface area contributed by atoms with E-state index in [4.69, 9.17) is 5.73 Å². The molecular weight excluding hydrogens is 282 g/mol. The van der Waals surface area contributed by atoms with Crippen LogP contribution in [0, 0.1) is 0 Å². The van der Waals surface area contributed by atoms with Gasteiger partial charge in [-0.2, -0.15) is 0 Å². The summed E-state index contributed by atoms with van der Waals surface area (Å²) in [7, 11) is -3.46. The van der Waals surface area contributed by atoms with Crippen molar-refractivity contribution < 1.29 is 13.2 Å². The van der Waals surface area contributed by atoms with Gasteiger partial charge >= 0.3 is 0 Å². The molecule has 19 heavy (non-hydrogen) atoms. The highest BCUT2D eigenvalue weighted by Gasteiger charge is 2.19. The number of carbonyl (C=O) groups is 1. The first kappa shape index (κ1) is 13.8. The van der Waals surface area contributed by atoms with Crippen LogP contribution in [0.5, 0.6) is 0 Å². The SMILES string of the molecule is Nc1ccc(CS(=O)(=O)CC(=O)c2cccs2)cc1. The summed E-state index contributed by atoms with van der Waals surface area (Å²) in [5, 5.41) is 1.75. The van der Waals surface area contributed by atoms with E-state index in [0.717, 1.165) is 0 Å². The van der Waals surface area contributed by atoms with Crippen molar-refractivity contribution in [2.24, 2.45) is 0 Å². The van der Waals surface area contributed by atoms with Gasteiger partial charge in [0.05, 0.1) is 10.6 Å². The van der Waals surface area contributed by atoms with Crippen LogP contribution in [-0.4, -0.2) is 20.0 Å². The van der Waals surface area contributed by atoms with Gasteiger partial charge in [-0.05, 0) is 29.1 Å². The molecule has 0 aliphatic heterocycles. The van der Waals surface area contributed by atoms with Crippen LogP contribution in [-0.2, 0) is 15.6 Å². The molecule has 0 saturated carbocycles. The minimum Gasteiger partial charge on any atom is -0.399 e. The number of thiophene rings is 1. The van der Waals surface area contributed by atoms with Crippen LogP contribution >= 0.6 is 11.3 Å². The summed E-state index contributed by atoms with van der Waals surface area (Å²) in [4.78, 5) is 12.3. The van der Waals surface area contributed by atoms with Gasteiger partial charge in [0.1, 0.15) is 5.75 Å². The van der Waals surface area contributed by atoms with Crippen LogP contribution in [0.4, 0.5) is 5.69 Å². The summed E-state index contributed by atoms with van der Waals surface area (Å²) in [6, 6.07) is 9.96. The van der Waals surface area contributed by atoms with Crippen LogP contribution < -0.4 is 5.73 Å². The van der Waals surface area contributed by atoms with Crippen molar-refractivity contribution in [2.75, 3.05) is 11.5 Å². The van der Waals surface area contributed by atoms with Crippen LogP contribution in [0.25, 0.3) is 0 Å². The van der Waals surface area contributed by atoms with E-state index in [1.807, 2.05) is 0 Å². The molecule has 0 atom stereocenters. The minimum atomic E-state index is -3.46. The number of ketones is 1. The Kier molecular flexibility index (Phi) is 4.01. The van der Waals surface area contributed by atoms with Gasteiger partial charge < -0.3 is 5.73 Å². The van der Waals surface area contributed by atoms with Crippen molar-refractivity contribution in [3.05, 3.63) is 52.2 Å². The van der Waals surface area contributed by atoms with E-state index in [2.05, 4.69) is 0 Å². The maximum atomic E-state index is 11.9. The van der Waals surface area contributed by atoms with E-state index in [-0.39, 0.29) is 11.5 Å². The number of nitrogen functional groups attached to an aromatic ring is 1. The van der Waals surface area contributed by atoms with Gasteiger partial charge in [-0.3, -0.25) is 4.79 Å². The number of rotatable bonds is 5. The number of anilines is 1. The summed E-state index contributed by atoms with van der Waals surface area (Å²) >= 11 is 1.25. The Morgan fingerprint density at radius 3 is 2.42 bits per heavy atom. The first-order valence-electron chi connectivity index (χ1n) is 5.58. The largest absolute Gasteiger partial charge is 0.399 e. The Morgan fingerprint density at radius 1 is 1.16 bits per heavy atom. The first-order chi connectivity index (χ1) is 8.96. The predicted molar refractivity (Wildman–Crippen MR) is 77.0 cm³/mol. The van der Waals surface area contributed by atoms with Gasteiger partial charge in [0.15, 0.2) is 15.6 Å². The summed E-state index contributed by atoms with van der Waals surface area (Å²) in [6.07, 6.45) is 0. The van der Waals surface area contributed by atoms with Crippen molar-refractivity contribution >= 4 is 32.6 Å². The number of Topliss-reactive ketones (excluding diaryl/α,β-unsaturated/α-hetero) is 1. The van der Waals surface area contributed by atoms with Crippen LogP contribution in [0.15, 0.2) is 41.8 Å². The van der Waals surface area contributed by atoms with Crippen molar-refractivity contribution in [1.82, 2.24) is 0 Å². The molecule has 100 valence electrons. The van der Waals surface area contributed by atoms with Crippen molar-refractivity contribution in [3.63, 3.8) is 0 Å². The Labute approximate surface area is 115 Å². The average molecular weight is 295 g/mol. The zero-order valence-electron chi connectivity index (χ0n) is 10.1. The molecule has 6 heteroatoms. The molecule has 2 N–H and O–H groups in total. The predicted octanol–water partition coefficient (Wildman–Crippen LogP) is 2.13. The molecule has 0 spiro atoms. The number of carbonyl (C=O) groups excluding carboxylic acids is 1. The van der Waals surface area contributed by atoms with E-state index in [9.17, 15) is 13.2 Å². The maximum absolute atomic E-state index is 11.9. The third kappa shape index (κ3) is 3.90. The molecule has 1 heterocycles. The molecule has 0 aliphatic carbocycles. The topological polar surface area (TPSA) is 77.2 Å². The lowest BCUT2D eigenvalue weighted by atomic mass is 10.2. The van der Waals surface area contributed by atoms with E-state index < -0.39 is 15.6 Å². The Hall–Kier alpha value is -1.66. The lowest BCUT2D eigenvalue weighted by Crippen LogP contribution is -2.17. The number of hydrogen-bond donors (Lipinski definition) is 1. The van der Waals surface area contributed by atoms with Gasteiger partial charge in [0.25, 0.3) is 0 Å². The highest BCUT2D eigenvalue weighted by atomic mass is 32.2. The summed E-state index contributed by atoms with van der Waals surface area (Å²) in [5.41, 5.74) is 6.75. The van der Waals surface area contributed by atoms with E-state index in [0.29, 0.717) is 16.1 Å². The monoisotopic (exact) mass is 295 g/mol. The fraction of sp³-hybridized carbons (Fsp3) is 0.154. The quantitative estimate of drug-likeness (QED) is 0.677. The van der Waals surface area contributed by atoms with E-state index >= 15 is 0 Å². The summed E-state index contributed by atoms with van der Waals surface area (Å²) in [6.45, 7) is 0. The van der Waals surface area contributed by atoms with Gasteiger partial charge in [-0.15, -0.1) is 11.3 Å². The normalized spacial score (nSPS) is 11.4. The molecule has 0 amide bonds. The molecular formula is C13H13NO3S2. The zero-order chi connectivity index (χ0) is 13.9. The van der Waals surface area contributed by atoms with Gasteiger partial charge in [-0.25, -0.2) is 8.42 Å². The van der Waals surface area contributed by atoms with Crippen LogP contribution in [0.3, 0.4) is 0 Å². The third-order valence-corrected chi connectivity index (χ3v) is 4.90. The number of sulfone groups is 1. The molecule has 2 aromatic rings. The van der Waals surface area contributed by atoms with Gasteiger partial charge in [0, 0.05) is 5.69 Å². The molecule has 0 radical (unpaired) electrons. The number of benzene rings is 1. The van der Waals surface area contributed by atoms with Crippen molar-refractivity contribution in [1.29, 1.82) is 0 Å². The highest BCUT2D eigenvalue weighted by Crippen LogP contribution is 2.14. The van der Waals surface area contributed by atoms with Crippen LogP contribution in [0.2, 0.25) is 0 Å². The van der Waals surface area contributed by atoms with E-state index in [1.165, 1.54) is 11.3 Å². The molecule has 1 aromatic heterocycles. The summed E-state index contributed by atoms with van der Waals surface area (Å²) < 4.78 is 23.9. The molecule has 2 rings (SSSR count). The third-order valence-electron chi connectivity index (χ3n) is 2.51. The molecule has 0 aliphatic rings. The fourth-order valence-electron chi connectivity index (χ4n) is 1.63. The lowest BCUT2D eigenvalue weighted by molar-refractivity contribution is 0.102. The van der Waals surface area contributed by atoms with Gasteiger partial charge in [-0.1, -0.05) is 18.2 Å². The Bertz CT molecular complexity index is 658. The smallest absolute Gasteiger partial charge is 0.187 e. The van der Waals surface area contributed by atoms with Crippen molar-refractivity contribution in [3.8, 4) is 0 Å². The first-order valence-corrected chi connectivity index (χ1v) is 8.28. The van der Waals surface area contributed by atoms with Crippen molar-refractivity contribution in [2.45, 2.75) is 5.75 Å². The molecule has 4 nitrogen and oxygen atoms in total. The molecule has 0 unspecified atom stereocenters. The highest BCUT2D eigenvalue weighted by molar-refractivity contribution is 7.91. The fourth-order valence-corrected chi connectivity index (χ4v) is 3.74. The Balaban J connectivity index is 2.07. The number of hydrogen-bond acceptors (Lipinski definition) is 5.